The number of rotatable bonds is 8. The van der Waals surface area contributed by atoms with Gasteiger partial charge in [-0.05, 0) is 36.3 Å². The Kier molecular flexibility index (Phi) is 6.52. The molecule has 0 aromatic carbocycles. The minimum atomic E-state index is -3.54. The summed E-state index contributed by atoms with van der Waals surface area (Å²) in [6.45, 7) is 4.44. The molecule has 0 radical (unpaired) electrons. The summed E-state index contributed by atoms with van der Waals surface area (Å²) in [6, 6.07) is 1.45. The van der Waals surface area contributed by atoms with E-state index >= 15 is 0 Å². The van der Waals surface area contributed by atoms with E-state index in [0.29, 0.717) is 12.3 Å². The lowest BCUT2D eigenvalue weighted by atomic mass is 10.2. The summed E-state index contributed by atoms with van der Waals surface area (Å²) in [5, 5.41) is 2.91. The van der Waals surface area contributed by atoms with Gasteiger partial charge in [-0.25, -0.2) is 13.1 Å². The van der Waals surface area contributed by atoms with Gasteiger partial charge in [0.2, 0.25) is 10.0 Å². The van der Waals surface area contributed by atoms with E-state index in [0.717, 1.165) is 19.3 Å². The highest BCUT2D eigenvalue weighted by Gasteiger charge is 2.23. The van der Waals surface area contributed by atoms with Gasteiger partial charge in [0.15, 0.2) is 4.67 Å². The Morgan fingerprint density at radius 3 is 2.74 bits per heavy atom. The van der Waals surface area contributed by atoms with Crippen LogP contribution in [0.25, 0.3) is 0 Å². The summed E-state index contributed by atoms with van der Waals surface area (Å²) in [5.74, 6) is 0.580. The van der Waals surface area contributed by atoms with Gasteiger partial charge in [0.05, 0.1) is 6.54 Å². The number of sulfonamides is 1. The van der Waals surface area contributed by atoms with Crippen LogP contribution >= 0.6 is 15.9 Å². The quantitative estimate of drug-likeness (QED) is 0.754. The number of halogens is 1. The van der Waals surface area contributed by atoms with Crippen LogP contribution in [0.3, 0.4) is 0 Å². The smallest absolute Gasteiger partial charge is 0.245 e. The average Bonchev–Trinajstić information content (AvgIpc) is 2.68. The van der Waals surface area contributed by atoms with Crippen molar-refractivity contribution in [2.45, 2.75) is 50.6 Å². The zero-order valence-electron chi connectivity index (χ0n) is 11.5. The first-order valence-electron chi connectivity index (χ1n) is 6.35. The molecule has 110 valence electrons. The fourth-order valence-corrected chi connectivity index (χ4v) is 4.02. The molecule has 19 heavy (non-hydrogen) atoms. The van der Waals surface area contributed by atoms with Gasteiger partial charge in [-0.3, -0.25) is 0 Å². The molecule has 1 rings (SSSR count). The summed E-state index contributed by atoms with van der Waals surface area (Å²) in [5.41, 5.74) is 0. The van der Waals surface area contributed by atoms with Crippen molar-refractivity contribution >= 4 is 26.0 Å². The number of furan rings is 1. The highest BCUT2D eigenvalue weighted by molar-refractivity contribution is 9.10. The summed E-state index contributed by atoms with van der Waals surface area (Å²) in [6.07, 6.45) is 2.88. The summed E-state index contributed by atoms with van der Waals surface area (Å²) >= 11 is 3.15. The highest BCUT2D eigenvalue weighted by Crippen LogP contribution is 2.26. The maximum atomic E-state index is 12.2. The molecule has 1 atom stereocenters. The van der Waals surface area contributed by atoms with E-state index in [1.54, 1.807) is 7.05 Å². The Morgan fingerprint density at radius 1 is 1.47 bits per heavy atom. The largest absolute Gasteiger partial charge is 0.452 e. The molecule has 7 heteroatoms. The van der Waals surface area contributed by atoms with Crippen LogP contribution in [0.1, 0.15) is 38.9 Å². The fourth-order valence-electron chi connectivity index (χ4n) is 1.74. The van der Waals surface area contributed by atoms with Gasteiger partial charge >= 0.3 is 0 Å². The molecule has 0 saturated heterocycles. The van der Waals surface area contributed by atoms with Crippen LogP contribution in [-0.4, -0.2) is 21.5 Å². The van der Waals surface area contributed by atoms with Gasteiger partial charge in [0, 0.05) is 12.1 Å². The second kappa shape index (κ2) is 7.42. The molecule has 2 N–H and O–H groups in total. The molecule has 0 fully saturated rings. The normalized spacial score (nSPS) is 13.7. The van der Waals surface area contributed by atoms with E-state index in [4.69, 9.17) is 4.42 Å². The first-order valence-corrected chi connectivity index (χ1v) is 8.63. The first-order chi connectivity index (χ1) is 8.90. The van der Waals surface area contributed by atoms with Crippen molar-refractivity contribution in [1.82, 2.24) is 10.0 Å². The molecular formula is C12H21BrN2O3S. The highest BCUT2D eigenvalue weighted by atomic mass is 79.9. The SMILES string of the molecule is CCCCC(C)NS(=O)(=O)c1cc(CNC)oc1Br. The minimum Gasteiger partial charge on any atom is -0.452 e. The van der Waals surface area contributed by atoms with Crippen molar-refractivity contribution < 1.29 is 12.8 Å². The van der Waals surface area contributed by atoms with Crippen LogP contribution < -0.4 is 10.0 Å². The molecule has 0 bridgehead atoms. The Morgan fingerprint density at radius 2 is 2.16 bits per heavy atom. The second-order valence-electron chi connectivity index (χ2n) is 4.55. The zero-order chi connectivity index (χ0) is 14.5. The van der Waals surface area contributed by atoms with Gasteiger partial charge in [0.1, 0.15) is 10.7 Å². The van der Waals surface area contributed by atoms with Gasteiger partial charge in [-0.2, -0.15) is 0 Å². The van der Waals surface area contributed by atoms with Gasteiger partial charge in [0.25, 0.3) is 0 Å². The van der Waals surface area contributed by atoms with Crippen LogP contribution in [-0.2, 0) is 16.6 Å². The zero-order valence-corrected chi connectivity index (χ0v) is 13.9. The predicted molar refractivity (Wildman–Crippen MR) is 78.5 cm³/mol. The molecule has 1 aromatic rings. The van der Waals surface area contributed by atoms with E-state index in [2.05, 4.69) is 32.9 Å². The molecule has 0 spiro atoms. The molecule has 0 aliphatic heterocycles. The lowest BCUT2D eigenvalue weighted by molar-refractivity contribution is 0.469. The Bertz CT molecular complexity index is 499. The maximum absolute atomic E-state index is 12.2. The molecule has 0 aliphatic carbocycles. The topological polar surface area (TPSA) is 71.3 Å². The summed E-state index contributed by atoms with van der Waals surface area (Å²) in [4.78, 5) is 0.154. The molecule has 0 aliphatic rings. The molecule has 1 unspecified atom stereocenters. The first kappa shape index (κ1) is 16.7. The van der Waals surface area contributed by atoms with Crippen molar-refractivity contribution in [2.24, 2.45) is 0 Å². The molecule has 5 nitrogen and oxygen atoms in total. The Hall–Kier alpha value is -0.370. The van der Waals surface area contributed by atoms with Gasteiger partial charge in [-0.1, -0.05) is 19.8 Å². The second-order valence-corrected chi connectivity index (χ2v) is 6.95. The van der Waals surface area contributed by atoms with E-state index in [1.165, 1.54) is 6.07 Å². The summed E-state index contributed by atoms with van der Waals surface area (Å²) < 4.78 is 32.7. The van der Waals surface area contributed by atoms with Crippen molar-refractivity contribution in [2.75, 3.05) is 7.05 Å². The average molecular weight is 353 g/mol. The van der Waals surface area contributed by atoms with Gasteiger partial charge in [-0.15, -0.1) is 0 Å². The van der Waals surface area contributed by atoms with Crippen molar-refractivity contribution in [1.29, 1.82) is 0 Å². The van der Waals surface area contributed by atoms with E-state index in [-0.39, 0.29) is 15.6 Å². The van der Waals surface area contributed by atoms with Crippen LogP contribution in [0.15, 0.2) is 20.0 Å². The van der Waals surface area contributed by atoms with Crippen molar-refractivity contribution in [3.63, 3.8) is 0 Å². The lowest BCUT2D eigenvalue weighted by Gasteiger charge is -2.12. The van der Waals surface area contributed by atoms with Crippen molar-refractivity contribution in [3.05, 3.63) is 16.5 Å². The van der Waals surface area contributed by atoms with Crippen LogP contribution in [0, 0.1) is 0 Å². The van der Waals surface area contributed by atoms with Crippen molar-refractivity contribution in [3.8, 4) is 0 Å². The Balaban J connectivity index is 2.82. The van der Waals surface area contributed by atoms with E-state index < -0.39 is 10.0 Å². The lowest BCUT2D eigenvalue weighted by Crippen LogP contribution is -2.32. The fraction of sp³-hybridized carbons (Fsp3) is 0.667. The molecule has 1 heterocycles. The molecular weight excluding hydrogens is 332 g/mol. The predicted octanol–water partition coefficient (Wildman–Crippen LogP) is 2.62. The standard InChI is InChI=1S/C12H21BrN2O3S/c1-4-5-6-9(2)15-19(16,17)11-7-10(8-14-3)18-12(11)13/h7,9,14-15H,4-6,8H2,1-3H3. The van der Waals surface area contributed by atoms with E-state index in [1.807, 2.05) is 6.92 Å². The third-order valence-electron chi connectivity index (χ3n) is 2.69. The molecule has 1 aromatic heterocycles. The molecule has 0 saturated carbocycles. The number of unbranched alkanes of at least 4 members (excludes halogenated alkanes) is 1. The van der Waals surface area contributed by atoms with Gasteiger partial charge < -0.3 is 9.73 Å². The van der Waals surface area contributed by atoms with Crippen LogP contribution in [0.5, 0.6) is 0 Å². The summed E-state index contributed by atoms with van der Waals surface area (Å²) in [7, 11) is -1.76. The Labute approximate surface area is 123 Å². The van der Waals surface area contributed by atoms with E-state index in [9.17, 15) is 8.42 Å². The number of nitrogens with one attached hydrogen (secondary N) is 2. The maximum Gasteiger partial charge on any atom is 0.245 e. The monoisotopic (exact) mass is 352 g/mol. The molecule has 0 amide bonds. The van der Waals surface area contributed by atoms with Crippen LogP contribution in [0.2, 0.25) is 0 Å². The van der Waals surface area contributed by atoms with Crippen LogP contribution in [0.4, 0.5) is 0 Å². The third kappa shape index (κ3) is 4.91. The number of hydrogen-bond donors (Lipinski definition) is 2. The third-order valence-corrected chi connectivity index (χ3v) is 5.14. The minimum absolute atomic E-state index is 0.0838. The number of hydrogen-bond acceptors (Lipinski definition) is 4.